The lowest BCUT2D eigenvalue weighted by Crippen LogP contribution is -2.59. The van der Waals surface area contributed by atoms with Gasteiger partial charge in [0.2, 0.25) is 0 Å². The normalized spacial score (nSPS) is 22.7. The zero-order chi connectivity index (χ0) is 23.0. The van der Waals surface area contributed by atoms with Gasteiger partial charge in [0.1, 0.15) is 24.9 Å². The zero-order valence-corrected chi connectivity index (χ0v) is 20.7. The van der Waals surface area contributed by atoms with Crippen molar-refractivity contribution in [2.75, 3.05) is 32.8 Å². The van der Waals surface area contributed by atoms with Gasteiger partial charge < -0.3 is 14.6 Å². The van der Waals surface area contributed by atoms with Crippen molar-refractivity contribution in [1.29, 1.82) is 0 Å². The maximum atomic E-state index is 14.2. The maximum Gasteiger partial charge on any atom is 0.145 e. The number of hydrogen-bond donors (Lipinski definition) is 1. The van der Waals surface area contributed by atoms with Crippen molar-refractivity contribution >= 4 is 19.1 Å². The van der Waals surface area contributed by atoms with Gasteiger partial charge in [0.05, 0.1) is 17.9 Å². The number of aromatic nitrogens is 5. The number of nitrogens with one attached hydrogen (secondary N) is 1. The van der Waals surface area contributed by atoms with Crippen LogP contribution in [-0.4, -0.2) is 82.3 Å². The lowest BCUT2D eigenvalue weighted by molar-refractivity contribution is 0.00155. The van der Waals surface area contributed by atoms with Crippen LogP contribution in [0, 0.1) is 0 Å². The average molecular weight is 472 g/mol. The number of nitrogens with zero attached hydrogens (tertiary/aromatic N) is 6. The Morgan fingerprint density at radius 2 is 2.09 bits per heavy atom. The molecule has 5 heterocycles. The predicted octanol–water partition coefficient (Wildman–Crippen LogP) is 3.16. The minimum absolute atomic E-state index is 0.0340. The molecular weight excluding hydrogens is 437 g/mol. The van der Waals surface area contributed by atoms with Gasteiger partial charge in [-0.1, -0.05) is 19.6 Å². The second-order valence-corrected chi connectivity index (χ2v) is 16.1. The summed E-state index contributed by atoms with van der Waals surface area (Å²) in [5.41, 5.74) is 2.73. The topological polar surface area (TPSA) is 73.0 Å². The summed E-state index contributed by atoms with van der Waals surface area (Å²) >= 11 is 0. The van der Waals surface area contributed by atoms with Gasteiger partial charge in [-0.05, 0) is 25.1 Å². The molecule has 1 N–H and O–H groups in total. The predicted molar refractivity (Wildman–Crippen MR) is 130 cm³/mol. The average Bonchev–Trinajstić information content (AvgIpc) is 3.38. The monoisotopic (exact) mass is 471 g/mol. The third kappa shape index (κ3) is 4.89. The highest BCUT2D eigenvalue weighted by Gasteiger charge is 2.38. The van der Waals surface area contributed by atoms with Gasteiger partial charge >= 0.3 is 0 Å². The molecule has 33 heavy (non-hydrogen) atoms. The Hall–Kier alpha value is -2.14. The van der Waals surface area contributed by atoms with Crippen LogP contribution in [0.2, 0.25) is 25.7 Å². The van der Waals surface area contributed by atoms with Crippen LogP contribution in [0.1, 0.15) is 12.5 Å². The molecule has 0 saturated carbocycles. The van der Waals surface area contributed by atoms with E-state index in [2.05, 4.69) is 51.1 Å². The summed E-state index contributed by atoms with van der Waals surface area (Å²) in [6.07, 6.45) is 7.63. The van der Waals surface area contributed by atoms with E-state index in [1.54, 1.807) is 6.33 Å². The molecule has 2 saturated heterocycles. The summed E-state index contributed by atoms with van der Waals surface area (Å²) in [6, 6.07) is 3.51. The number of ether oxygens (including phenoxy) is 1. The molecule has 2 aliphatic heterocycles. The fraction of sp³-hybridized carbons (Fsp3) is 0.609. The summed E-state index contributed by atoms with van der Waals surface area (Å²) in [7, 11) is -1.10. The van der Waals surface area contributed by atoms with E-state index in [4.69, 9.17) is 4.74 Å². The molecule has 0 aliphatic carbocycles. The first-order chi connectivity index (χ1) is 15.9. The second kappa shape index (κ2) is 9.25. The molecule has 0 bridgehead atoms. The fourth-order valence-electron chi connectivity index (χ4n) is 4.68. The Morgan fingerprint density at radius 1 is 1.24 bits per heavy atom. The SMILES string of the molecule is C[Si](C)(C)CCOCn1ccc2c(-c3cnn(C4CN(C5CCNCC5F)C4)c3)ncnc21. The number of fused-ring (bicyclic) bond motifs is 1. The first kappa shape index (κ1) is 22.6. The third-order valence-corrected chi connectivity index (χ3v) is 8.47. The molecule has 3 aromatic rings. The standard InChI is InChI=1S/C23H34FN7OSi/c1-33(2,3)9-8-32-16-29-7-5-19-22(26-15-27-23(19)29)17-10-28-31(12-17)18-13-30(14-18)21-4-6-25-11-20(21)24/h5,7,10,12,15,18,20-21,25H,4,6,8-9,11,13-14,16H2,1-3H3. The van der Waals surface area contributed by atoms with Crippen molar-refractivity contribution in [3.05, 3.63) is 31.0 Å². The first-order valence-corrected chi connectivity index (χ1v) is 15.6. The van der Waals surface area contributed by atoms with Crippen LogP contribution in [0.15, 0.2) is 31.0 Å². The summed E-state index contributed by atoms with van der Waals surface area (Å²) in [4.78, 5) is 11.3. The van der Waals surface area contributed by atoms with Gasteiger partial charge in [0, 0.05) is 63.7 Å². The van der Waals surface area contributed by atoms with Crippen molar-refractivity contribution < 1.29 is 9.13 Å². The molecule has 0 amide bonds. The summed E-state index contributed by atoms with van der Waals surface area (Å²) in [5.74, 6) is 0. The molecule has 2 unspecified atom stereocenters. The van der Waals surface area contributed by atoms with E-state index in [1.807, 2.05) is 27.7 Å². The number of hydrogen-bond acceptors (Lipinski definition) is 6. The number of likely N-dealkylation sites (tertiary alicyclic amines) is 1. The molecule has 0 radical (unpaired) electrons. The van der Waals surface area contributed by atoms with Gasteiger partial charge in [-0.25, -0.2) is 14.4 Å². The summed E-state index contributed by atoms with van der Waals surface area (Å²) < 4.78 is 24.2. The fourth-order valence-corrected chi connectivity index (χ4v) is 5.44. The molecule has 2 atom stereocenters. The van der Waals surface area contributed by atoms with Crippen LogP contribution in [0.25, 0.3) is 22.3 Å². The van der Waals surface area contributed by atoms with Gasteiger partial charge in [0.15, 0.2) is 0 Å². The highest BCUT2D eigenvalue weighted by atomic mass is 28.3. The molecule has 0 spiro atoms. The smallest absolute Gasteiger partial charge is 0.145 e. The highest BCUT2D eigenvalue weighted by molar-refractivity contribution is 6.76. The van der Waals surface area contributed by atoms with Crippen LogP contribution in [0.4, 0.5) is 4.39 Å². The van der Waals surface area contributed by atoms with Crippen LogP contribution in [-0.2, 0) is 11.5 Å². The molecule has 2 fully saturated rings. The van der Waals surface area contributed by atoms with E-state index in [9.17, 15) is 4.39 Å². The number of rotatable bonds is 8. The van der Waals surface area contributed by atoms with E-state index >= 15 is 0 Å². The van der Waals surface area contributed by atoms with Gasteiger partial charge in [-0.15, -0.1) is 0 Å². The van der Waals surface area contributed by atoms with Crippen molar-refractivity contribution in [2.45, 2.75) is 57.1 Å². The largest absolute Gasteiger partial charge is 0.361 e. The Balaban J connectivity index is 1.25. The summed E-state index contributed by atoms with van der Waals surface area (Å²) in [6.45, 7) is 11.4. The Labute approximate surface area is 195 Å². The van der Waals surface area contributed by atoms with E-state index in [-0.39, 0.29) is 12.1 Å². The summed E-state index contributed by atoms with van der Waals surface area (Å²) in [5, 5.41) is 8.73. The Kier molecular flexibility index (Phi) is 6.34. The number of alkyl halides is 1. The molecule has 5 rings (SSSR count). The number of piperidine rings is 1. The minimum Gasteiger partial charge on any atom is -0.361 e. The van der Waals surface area contributed by atoms with Gasteiger partial charge in [-0.2, -0.15) is 5.10 Å². The van der Waals surface area contributed by atoms with Crippen molar-refractivity contribution in [3.8, 4) is 11.3 Å². The van der Waals surface area contributed by atoms with Crippen LogP contribution in [0.3, 0.4) is 0 Å². The molecular formula is C23H34FN7OSi. The first-order valence-electron chi connectivity index (χ1n) is 11.9. The molecule has 2 aliphatic rings. The zero-order valence-electron chi connectivity index (χ0n) is 19.7. The molecule has 10 heteroatoms. The van der Waals surface area contributed by atoms with Gasteiger partial charge in [0.25, 0.3) is 0 Å². The quantitative estimate of drug-likeness (QED) is 0.402. The Morgan fingerprint density at radius 3 is 2.88 bits per heavy atom. The van der Waals surface area contributed by atoms with Crippen molar-refractivity contribution in [2.24, 2.45) is 0 Å². The second-order valence-electron chi connectivity index (χ2n) is 10.5. The molecule has 178 valence electrons. The molecule has 3 aromatic heterocycles. The van der Waals surface area contributed by atoms with Crippen LogP contribution >= 0.6 is 0 Å². The van der Waals surface area contributed by atoms with E-state index in [0.717, 1.165) is 61.0 Å². The lowest BCUT2D eigenvalue weighted by Gasteiger charge is -2.46. The Bertz CT molecular complexity index is 1090. The van der Waals surface area contributed by atoms with Crippen molar-refractivity contribution in [3.63, 3.8) is 0 Å². The van der Waals surface area contributed by atoms with Crippen LogP contribution < -0.4 is 5.32 Å². The minimum atomic E-state index is -1.10. The van der Waals surface area contributed by atoms with E-state index < -0.39 is 14.2 Å². The molecule has 8 nitrogen and oxygen atoms in total. The van der Waals surface area contributed by atoms with Crippen molar-refractivity contribution in [1.82, 2.24) is 34.5 Å². The lowest BCUT2D eigenvalue weighted by atomic mass is 9.97. The number of halogens is 1. The van der Waals surface area contributed by atoms with E-state index in [0.29, 0.717) is 13.3 Å². The molecule has 0 aromatic carbocycles. The van der Waals surface area contributed by atoms with E-state index in [1.165, 1.54) is 0 Å². The third-order valence-electron chi connectivity index (χ3n) is 6.77. The van der Waals surface area contributed by atoms with Crippen LogP contribution in [0.5, 0.6) is 0 Å². The maximum absolute atomic E-state index is 14.2. The highest BCUT2D eigenvalue weighted by Crippen LogP contribution is 2.30. The van der Waals surface area contributed by atoms with Gasteiger partial charge in [-0.3, -0.25) is 9.58 Å².